The molecule has 0 bridgehead atoms. The van der Waals surface area contributed by atoms with Gasteiger partial charge in [-0.3, -0.25) is 0 Å². The number of rotatable bonds is 4. The van der Waals surface area contributed by atoms with Gasteiger partial charge in [-0.25, -0.2) is 13.4 Å². The third kappa shape index (κ3) is 3.33. The monoisotopic (exact) mass is 287 g/mol. The van der Waals surface area contributed by atoms with Gasteiger partial charge in [-0.15, -0.1) is 0 Å². The zero-order valence-corrected chi connectivity index (χ0v) is 11.7. The Hall–Kier alpha value is -2.39. The Morgan fingerprint density at radius 3 is 2.55 bits per heavy atom. The number of anilines is 1. The highest BCUT2D eigenvalue weighted by Gasteiger charge is 2.06. The molecule has 5 nitrogen and oxygen atoms in total. The van der Waals surface area contributed by atoms with Gasteiger partial charge in [-0.05, 0) is 30.3 Å². The Balaban J connectivity index is 2.10. The quantitative estimate of drug-likeness (QED) is 0.929. The van der Waals surface area contributed by atoms with E-state index in [-0.39, 0.29) is 4.90 Å². The Labute approximate surface area is 117 Å². The molecular weight excluding hydrogens is 274 g/mol. The van der Waals surface area contributed by atoms with E-state index in [9.17, 15) is 8.42 Å². The first-order valence-corrected chi connectivity index (χ1v) is 7.78. The number of nitrogens with one attached hydrogen (secondary N) is 1. The lowest BCUT2D eigenvalue weighted by Gasteiger charge is -2.08. The zero-order chi connectivity index (χ0) is 14.6. The number of aromatic nitrogens is 1. The highest BCUT2D eigenvalue weighted by atomic mass is 32.2. The number of pyridine rings is 1. The first-order chi connectivity index (χ1) is 9.50. The summed E-state index contributed by atoms with van der Waals surface area (Å²) >= 11 is 0. The van der Waals surface area contributed by atoms with Crippen molar-refractivity contribution in [3.05, 3.63) is 53.9 Å². The molecule has 0 saturated carbocycles. The molecule has 0 aliphatic heterocycles. The van der Waals surface area contributed by atoms with Gasteiger partial charge in [0.05, 0.1) is 4.90 Å². The van der Waals surface area contributed by atoms with Gasteiger partial charge in [0, 0.05) is 30.2 Å². The van der Waals surface area contributed by atoms with Crippen LogP contribution in [0.2, 0.25) is 0 Å². The van der Waals surface area contributed by atoms with Crippen molar-refractivity contribution in [2.75, 3.05) is 11.6 Å². The van der Waals surface area contributed by atoms with Crippen LogP contribution >= 0.6 is 0 Å². The predicted octanol–water partition coefficient (Wildman–Crippen LogP) is 1.97. The number of benzene rings is 1. The smallest absolute Gasteiger partial charge is 0.175 e. The van der Waals surface area contributed by atoms with E-state index >= 15 is 0 Å². The molecule has 1 aromatic heterocycles. The molecule has 0 unspecified atom stereocenters. The normalized spacial score (nSPS) is 10.8. The van der Waals surface area contributed by atoms with Crippen LogP contribution in [-0.4, -0.2) is 19.7 Å². The lowest BCUT2D eigenvalue weighted by molar-refractivity contribution is 0.602. The molecule has 102 valence electrons. The van der Waals surface area contributed by atoms with Gasteiger partial charge in [0.25, 0.3) is 0 Å². The van der Waals surface area contributed by atoms with Crippen molar-refractivity contribution in [3.63, 3.8) is 0 Å². The Kier molecular flexibility index (Phi) is 4.01. The van der Waals surface area contributed by atoms with Crippen molar-refractivity contribution in [3.8, 4) is 6.07 Å². The SMILES string of the molecule is CS(=O)(=O)c1ccc(NCc2cccnc2C#N)cc1. The summed E-state index contributed by atoms with van der Waals surface area (Å²) in [5.74, 6) is 0. The fourth-order valence-corrected chi connectivity index (χ4v) is 2.33. The lowest BCUT2D eigenvalue weighted by Crippen LogP contribution is -2.03. The summed E-state index contributed by atoms with van der Waals surface area (Å²) in [6.07, 6.45) is 2.74. The van der Waals surface area contributed by atoms with Crippen molar-refractivity contribution < 1.29 is 8.42 Å². The molecule has 0 fully saturated rings. The topological polar surface area (TPSA) is 82.8 Å². The predicted molar refractivity (Wildman–Crippen MR) is 75.8 cm³/mol. The van der Waals surface area contributed by atoms with E-state index in [0.29, 0.717) is 12.2 Å². The fraction of sp³-hybridized carbons (Fsp3) is 0.143. The second kappa shape index (κ2) is 5.72. The van der Waals surface area contributed by atoms with Crippen molar-refractivity contribution in [2.45, 2.75) is 11.4 Å². The Morgan fingerprint density at radius 1 is 1.25 bits per heavy atom. The first-order valence-electron chi connectivity index (χ1n) is 5.88. The highest BCUT2D eigenvalue weighted by molar-refractivity contribution is 7.90. The Bertz CT molecular complexity index is 747. The van der Waals surface area contributed by atoms with E-state index in [1.165, 1.54) is 6.26 Å². The molecule has 2 rings (SSSR count). The maximum atomic E-state index is 11.3. The van der Waals surface area contributed by atoms with Crippen LogP contribution < -0.4 is 5.32 Å². The van der Waals surface area contributed by atoms with E-state index in [0.717, 1.165) is 11.3 Å². The van der Waals surface area contributed by atoms with Gasteiger partial charge in [0.2, 0.25) is 0 Å². The molecule has 1 N–H and O–H groups in total. The number of nitriles is 1. The summed E-state index contributed by atoms with van der Waals surface area (Å²) in [7, 11) is -3.18. The molecule has 20 heavy (non-hydrogen) atoms. The van der Waals surface area contributed by atoms with Crippen molar-refractivity contribution in [1.29, 1.82) is 5.26 Å². The standard InChI is InChI=1S/C14H13N3O2S/c1-20(18,19)13-6-4-12(5-7-13)17-10-11-3-2-8-16-14(11)9-15/h2-8,17H,10H2,1H3. The van der Waals surface area contributed by atoms with Crippen molar-refractivity contribution in [2.24, 2.45) is 0 Å². The van der Waals surface area contributed by atoms with Gasteiger partial charge >= 0.3 is 0 Å². The van der Waals surface area contributed by atoms with E-state index in [1.54, 1.807) is 36.5 Å². The maximum absolute atomic E-state index is 11.3. The molecule has 0 saturated heterocycles. The third-order valence-corrected chi connectivity index (χ3v) is 3.89. The molecule has 1 aromatic carbocycles. The minimum atomic E-state index is -3.18. The molecule has 0 atom stereocenters. The van der Waals surface area contributed by atoms with E-state index in [1.807, 2.05) is 12.1 Å². The fourth-order valence-electron chi connectivity index (χ4n) is 1.70. The van der Waals surface area contributed by atoms with Gasteiger partial charge in [-0.1, -0.05) is 6.07 Å². The molecule has 1 heterocycles. The van der Waals surface area contributed by atoms with E-state index in [4.69, 9.17) is 5.26 Å². The van der Waals surface area contributed by atoms with E-state index < -0.39 is 9.84 Å². The van der Waals surface area contributed by atoms with Crippen LogP contribution in [-0.2, 0) is 16.4 Å². The van der Waals surface area contributed by atoms with E-state index in [2.05, 4.69) is 10.3 Å². The van der Waals surface area contributed by atoms with Gasteiger partial charge < -0.3 is 5.32 Å². The number of hydrogen-bond donors (Lipinski definition) is 1. The van der Waals surface area contributed by atoms with Crippen LogP contribution in [0, 0.1) is 11.3 Å². The second-order valence-electron chi connectivity index (χ2n) is 4.27. The molecule has 0 aliphatic rings. The average Bonchev–Trinajstić information content (AvgIpc) is 2.45. The Morgan fingerprint density at radius 2 is 1.95 bits per heavy atom. The second-order valence-corrected chi connectivity index (χ2v) is 6.29. The van der Waals surface area contributed by atoms with Crippen LogP contribution in [0.3, 0.4) is 0 Å². The van der Waals surface area contributed by atoms with Crippen LogP contribution in [0.5, 0.6) is 0 Å². The summed E-state index contributed by atoms with van der Waals surface area (Å²) in [5, 5.41) is 12.1. The number of nitrogens with zero attached hydrogens (tertiary/aromatic N) is 2. The highest BCUT2D eigenvalue weighted by Crippen LogP contribution is 2.15. The third-order valence-electron chi connectivity index (χ3n) is 2.76. The minimum absolute atomic E-state index is 0.280. The van der Waals surface area contributed by atoms with Crippen molar-refractivity contribution in [1.82, 2.24) is 4.98 Å². The largest absolute Gasteiger partial charge is 0.381 e. The average molecular weight is 287 g/mol. The van der Waals surface area contributed by atoms with Gasteiger partial charge in [0.15, 0.2) is 9.84 Å². The molecule has 0 amide bonds. The zero-order valence-electron chi connectivity index (χ0n) is 10.9. The minimum Gasteiger partial charge on any atom is -0.381 e. The van der Waals surface area contributed by atoms with Crippen molar-refractivity contribution >= 4 is 15.5 Å². The summed E-state index contributed by atoms with van der Waals surface area (Å²) in [4.78, 5) is 4.26. The molecule has 0 aliphatic carbocycles. The summed E-state index contributed by atoms with van der Waals surface area (Å²) < 4.78 is 22.7. The summed E-state index contributed by atoms with van der Waals surface area (Å²) in [6.45, 7) is 0.453. The number of hydrogen-bond acceptors (Lipinski definition) is 5. The first kappa shape index (κ1) is 14.0. The molecule has 0 radical (unpaired) electrons. The summed E-state index contributed by atoms with van der Waals surface area (Å²) in [5.41, 5.74) is 1.96. The van der Waals surface area contributed by atoms with Crippen LogP contribution in [0.15, 0.2) is 47.5 Å². The molecule has 2 aromatic rings. The molecule has 0 spiro atoms. The molecular formula is C14H13N3O2S. The van der Waals surface area contributed by atoms with Gasteiger partial charge in [0.1, 0.15) is 11.8 Å². The van der Waals surface area contributed by atoms with Crippen LogP contribution in [0.25, 0.3) is 0 Å². The summed E-state index contributed by atoms with van der Waals surface area (Å²) in [6, 6.07) is 12.1. The number of sulfone groups is 1. The molecule has 6 heteroatoms. The van der Waals surface area contributed by atoms with Crippen LogP contribution in [0.1, 0.15) is 11.3 Å². The van der Waals surface area contributed by atoms with Crippen LogP contribution in [0.4, 0.5) is 5.69 Å². The lowest BCUT2D eigenvalue weighted by atomic mass is 10.2. The maximum Gasteiger partial charge on any atom is 0.175 e. The van der Waals surface area contributed by atoms with Gasteiger partial charge in [-0.2, -0.15) is 5.26 Å².